The Bertz CT molecular complexity index is 437. The summed E-state index contributed by atoms with van der Waals surface area (Å²) < 4.78 is 5.68. The number of rotatable bonds is 4. The maximum atomic E-state index is 11.9. The number of anilines is 2. The fraction of sp³-hybridized carbons (Fsp3) is 0.533. The first-order valence-corrected chi connectivity index (χ1v) is 7.06. The zero-order valence-electron chi connectivity index (χ0n) is 12.1. The summed E-state index contributed by atoms with van der Waals surface area (Å²) in [7, 11) is 0. The van der Waals surface area contributed by atoms with Crippen LogP contribution in [-0.2, 0) is 9.53 Å². The summed E-state index contributed by atoms with van der Waals surface area (Å²) in [6.07, 6.45) is 0.960. The maximum absolute atomic E-state index is 11.9. The lowest BCUT2D eigenvalue weighted by molar-refractivity contribution is -0.117. The van der Waals surface area contributed by atoms with Gasteiger partial charge in [-0.15, -0.1) is 0 Å². The molecule has 2 rings (SSSR count). The zero-order valence-corrected chi connectivity index (χ0v) is 12.1. The summed E-state index contributed by atoms with van der Waals surface area (Å²) in [6, 6.07) is 7.18. The van der Waals surface area contributed by atoms with E-state index in [1.54, 1.807) is 12.1 Å². The third-order valence-electron chi connectivity index (χ3n) is 3.34. The second-order valence-corrected chi connectivity index (χ2v) is 5.44. The van der Waals surface area contributed by atoms with Gasteiger partial charge in [0.2, 0.25) is 5.91 Å². The molecule has 1 aromatic carbocycles. The van der Waals surface area contributed by atoms with E-state index in [0.29, 0.717) is 12.1 Å². The molecule has 0 saturated carbocycles. The van der Waals surface area contributed by atoms with Crippen molar-refractivity contribution in [3.8, 4) is 0 Å². The molecule has 1 saturated heterocycles. The van der Waals surface area contributed by atoms with Crippen LogP contribution in [0.15, 0.2) is 24.3 Å². The van der Waals surface area contributed by atoms with Crippen LogP contribution in [0.1, 0.15) is 20.3 Å². The first-order valence-electron chi connectivity index (χ1n) is 7.06. The first-order chi connectivity index (χ1) is 9.52. The number of nitrogen functional groups attached to an aromatic ring is 1. The molecular formula is C15H23N3O2. The van der Waals surface area contributed by atoms with E-state index < -0.39 is 0 Å². The Morgan fingerprint density at radius 1 is 1.30 bits per heavy atom. The standard InChI is InChI=1S/C15H23N3O2/c1-11-9-18(10-12(2)20-11)8-7-15(19)17-14-5-3-13(16)4-6-14/h3-6,11-12H,7-10,16H2,1-2H3,(H,17,19). The molecule has 1 amide bonds. The number of nitrogens with one attached hydrogen (secondary N) is 1. The molecule has 0 aromatic heterocycles. The molecule has 0 spiro atoms. The smallest absolute Gasteiger partial charge is 0.225 e. The zero-order chi connectivity index (χ0) is 14.5. The Morgan fingerprint density at radius 3 is 2.50 bits per heavy atom. The van der Waals surface area contributed by atoms with E-state index in [9.17, 15) is 4.79 Å². The van der Waals surface area contributed by atoms with Crippen molar-refractivity contribution in [1.82, 2.24) is 4.90 Å². The van der Waals surface area contributed by atoms with Gasteiger partial charge in [0, 0.05) is 37.4 Å². The van der Waals surface area contributed by atoms with Gasteiger partial charge < -0.3 is 15.8 Å². The van der Waals surface area contributed by atoms with Crippen molar-refractivity contribution in [2.24, 2.45) is 0 Å². The largest absolute Gasteiger partial charge is 0.399 e. The number of morpholine rings is 1. The number of hydrogen-bond acceptors (Lipinski definition) is 4. The molecule has 20 heavy (non-hydrogen) atoms. The van der Waals surface area contributed by atoms with E-state index in [4.69, 9.17) is 10.5 Å². The molecule has 2 atom stereocenters. The third-order valence-corrected chi connectivity index (χ3v) is 3.34. The molecule has 5 nitrogen and oxygen atoms in total. The van der Waals surface area contributed by atoms with Gasteiger partial charge in [0.1, 0.15) is 0 Å². The molecule has 0 bridgehead atoms. The van der Waals surface area contributed by atoms with Crippen LogP contribution in [-0.4, -0.2) is 42.6 Å². The number of nitrogens with zero attached hydrogens (tertiary/aromatic N) is 1. The molecule has 3 N–H and O–H groups in total. The van der Waals surface area contributed by atoms with Gasteiger partial charge in [-0.3, -0.25) is 9.69 Å². The fourth-order valence-electron chi connectivity index (χ4n) is 2.52. The minimum atomic E-state index is 0.0292. The van der Waals surface area contributed by atoms with Crippen LogP contribution in [0.4, 0.5) is 11.4 Å². The van der Waals surface area contributed by atoms with Crippen LogP contribution < -0.4 is 11.1 Å². The second kappa shape index (κ2) is 6.72. The van der Waals surface area contributed by atoms with Crippen molar-refractivity contribution < 1.29 is 9.53 Å². The lowest BCUT2D eigenvalue weighted by Crippen LogP contribution is -2.46. The van der Waals surface area contributed by atoms with Gasteiger partial charge >= 0.3 is 0 Å². The van der Waals surface area contributed by atoms with Crippen molar-refractivity contribution in [3.05, 3.63) is 24.3 Å². The minimum Gasteiger partial charge on any atom is -0.399 e. The van der Waals surface area contributed by atoms with Crippen LogP contribution in [0.25, 0.3) is 0 Å². The SMILES string of the molecule is CC1CN(CCC(=O)Nc2ccc(N)cc2)CC(C)O1. The summed E-state index contributed by atoms with van der Waals surface area (Å²) in [5.41, 5.74) is 7.09. The number of hydrogen-bond donors (Lipinski definition) is 2. The van der Waals surface area contributed by atoms with E-state index in [1.807, 2.05) is 12.1 Å². The van der Waals surface area contributed by atoms with Crippen LogP contribution in [0.2, 0.25) is 0 Å². The van der Waals surface area contributed by atoms with Crippen molar-refractivity contribution in [1.29, 1.82) is 0 Å². The third kappa shape index (κ3) is 4.51. The van der Waals surface area contributed by atoms with E-state index in [0.717, 1.165) is 25.3 Å². The number of benzene rings is 1. The number of carbonyl (C=O) groups excluding carboxylic acids is 1. The van der Waals surface area contributed by atoms with Crippen LogP contribution in [0, 0.1) is 0 Å². The highest BCUT2D eigenvalue weighted by molar-refractivity contribution is 5.90. The molecule has 2 unspecified atom stereocenters. The molecule has 5 heteroatoms. The molecule has 0 radical (unpaired) electrons. The van der Waals surface area contributed by atoms with Gasteiger partial charge in [0.05, 0.1) is 12.2 Å². The fourth-order valence-corrected chi connectivity index (χ4v) is 2.52. The Hall–Kier alpha value is -1.59. The quantitative estimate of drug-likeness (QED) is 0.822. The van der Waals surface area contributed by atoms with Crippen LogP contribution in [0.3, 0.4) is 0 Å². The summed E-state index contributed by atoms with van der Waals surface area (Å²) in [5, 5.41) is 2.88. The number of ether oxygens (including phenoxy) is 1. The van der Waals surface area contributed by atoms with E-state index in [2.05, 4.69) is 24.1 Å². The van der Waals surface area contributed by atoms with Crippen molar-refractivity contribution in [2.45, 2.75) is 32.5 Å². The summed E-state index contributed by atoms with van der Waals surface area (Å²) in [4.78, 5) is 14.2. The predicted molar refractivity (Wildman–Crippen MR) is 80.6 cm³/mol. The lowest BCUT2D eigenvalue weighted by atomic mass is 10.2. The Morgan fingerprint density at radius 2 is 1.90 bits per heavy atom. The normalized spacial score (nSPS) is 23.5. The summed E-state index contributed by atoms with van der Waals surface area (Å²) in [6.45, 7) is 6.67. The second-order valence-electron chi connectivity index (χ2n) is 5.44. The van der Waals surface area contributed by atoms with Crippen molar-refractivity contribution in [3.63, 3.8) is 0 Å². The van der Waals surface area contributed by atoms with Gasteiger partial charge in [-0.2, -0.15) is 0 Å². The predicted octanol–water partition coefficient (Wildman–Crippen LogP) is 1.71. The van der Waals surface area contributed by atoms with Gasteiger partial charge in [0.25, 0.3) is 0 Å². The number of carbonyl (C=O) groups is 1. The average molecular weight is 277 g/mol. The molecule has 0 aliphatic carbocycles. The van der Waals surface area contributed by atoms with Gasteiger partial charge in [0.15, 0.2) is 0 Å². The van der Waals surface area contributed by atoms with E-state index in [-0.39, 0.29) is 18.1 Å². The van der Waals surface area contributed by atoms with E-state index in [1.165, 1.54) is 0 Å². The highest BCUT2D eigenvalue weighted by Gasteiger charge is 2.22. The molecule has 110 valence electrons. The van der Waals surface area contributed by atoms with Crippen LogP contribution >= 0.6 is 0 Å². The Labute approximate surface area is 120 Å². The van der Waals surface area contributed by atoms with E-state index >= 15 is 0 Å². The highest BCUT2D eigenvalue weighted by atomic mass is 16.5. The van der Waals surface area contributed by atoms with Crippen molar-refractivity contribution >= 4 is 17.3 Å². The maximum Gasteiger partial charge on any atom is 0.225 e. The molecule has 1 fully saturated rings. The summed E-state index contributed by atoms with van der Waals surface area (Å²) >= 11 is 0. The first kappa shape index (κ1) is 14.8. The van der Waals surface area contributed by atoms with Gasteiger partial charge in [-0.25, -0.2) is 0 Å². The van der Waals surface area contributed by atoms with Gasteiger partial charge in [-0.05, 0) is 38.1 Å². The highest BCUT2D eigenvalue weighted by Crippen LogP contribution is 2.13. The average Bonchev–Trinajstić information content (AvgIpc) is 2.38. The molecule has 1 aliphatic heterocycles. The molecule has 1 aliphatic rings. The minimum absolute atomic E-state index is 0.0292. The summed E-state index contributed by atoms with van der Waals surface area (Å²) in [5.74, 6) is 0.0292. The number of amides is 1. The van der Waals surface area contributed by atoms with Crippen molar-refractivity contribution in [2.75, 3.05) is 30.7 Å². The lowest BCUT2D eigenvalue weighted by Gasteiger charge is -2.35. The molecule has 1 aromatic rings. The number of nitrogens with two attached hydrogens (primary N) is 1. The van der Waals surface area contributed by atoms with Gasteiger partial charge in [-0.1, -0.05) is 0 Å². The Kier molecular flexibility index (Phi) is 4.98. The topological polar surface area (TPSA) is 67.6 Å². The molecule has 1 heterocycles. The Balaban J connectivity index is 1.76. The molecular weight excluding hydrogens is 254 g/mol. The monoisotopic (exact) mass is 277 g/mol. The van der Waals surface area contributed by atoms with Crippen LogP contribution in [0.5, 0.6) is 0 Å².